The number of allylic oxidation sites excluding steroid dienone is 1. The number of anilines is 1. The summed E-state index contributed by atoms with van der Waals surface area (Å²) in [5, 5.41) is 2.91. The molecule has 0 saturated heterocycles. The van der Waals surface area contributed by atoms with Gasteiger partial charge in [-0.2, -0.15) is 0 Å². The van der Waals surface area contributed by atoms with E-state index >= 15 is 0 Å². The third kappa shape index (κ3) is 5.46. The van der Waals surface area contributed by atoms with E-state index in [0.29, 0.717) is 17.9 Å². The first-order chi connectivity index (χ1) is 15.4. The van der Waals surface area contributed by atoms with E-state index in [1.54, 1.807) is 14.0 Å². The van der Waals surface area contributed by atoms with Crippen LogP contribution in [-0.2, 0) is 16.1 Å². The zero-order valence-electron chi connectivity index (χ0n) is 18.8. The fourth-order valence-electron chi connectivity index (χ4n) is 3.42. The Morgan fingerprint density at radius 1 is 1.03 bits per heavy atom. The van der Waals surface area contributed by atoms with Gasteiger partial charge in [0.25, 0.3) is 0 Å². The summed E-state index contributed by atoms with van der Waals surface area (Å²) in [4.78, 5) is 25.6. The van der Waals surface area contributed by atoms with Crippen molar-refractivity contribution in [3.63, 3.8) is 0 Å². The molecule has 0 atom stereocenters. The minimum absolute atomic E-state index is 0.231. The van der Waals surface area contributed by atoms with Gasteiger partial charge in [-0.15, -0.1) is 0 Å². The normalized spacial score (nSPS) is 10.4. The number of carbonyl (C=O) groups is 2. The monoisotopic (exact) mass is 432 g/mol. The van der Waals surface area contributed by atoms with Crippen molar-refractivity contribution in [3.8, 4) is 16.9 Å². The average Bonchev–Trinajstić information content (AvgIpc) is 3.11. The SMILES string of the molecule is CCOC(=O)c1c(NC(=O)C=C(C)C)c(-c2ccc(OC)cc2)cn1Cc1ccccc1. The lowest BCUT2D eigenvalue weighted by Gasteiger charge is -2.12. The van der Waals surface area contributed by atoms with Gasteiger partial charge in [-0.05, 0) is 44.0 Å². The first-order valence-corrected chi connectivity index (χ1v) is 10.5. The summed E-state index contributed by atoms with van der Waals surface area (Å²) in [6.45, 7) is 6.13. The standard InChI is InChI=1S/C26H28N2O4/c1-5-32-26(30)25-24(27-23(29)15-18(2)3)22(20-11-13-21(31-4)14-12-20)17-28(25)16-19-9-7-6-8-10-19/h6-15,17H,5,16H2,1-4H3,(H,27,29). The molecule has 0 radical (unpaired) electrons. The van der Waals surface area contributed by atoms with E-state index in [4.69, 9.17) is 9.47 Å². The summed E-state index contributed by atoms with van der Waals surface area (Å²) < 4.78 is 12.4. The molecule has 0 bridgehead atoms. The smallest absolute Gasteiger partial charge is 0.357 e. The summed E-state index contributed by atoms with van der Waals surface area (Å²) in [7, 11) is 1.61. The van der Waals surface area contributed by atoms with Gasteiger partial charge in [0.1, 0.15) is 5.75 Å². The van der Waals surface area contributed by atoms with Crippen molar-refractivity contribution in [1.82, 2.24) is 4.57 Å². The van der Waals surface area contributed by atoms with Crippen LogP contribution in [0.15, 0.2) is 72.4 Å². The lowest BCUT2D eigenvalue weighted by molar-refractivity contribution is -0.111. The molecular formula is C26H28N2O4. The van der Waals surface area contributed by atoms with Crippen molar-refractivity contribution in [2.45, 2.75) is 27.3 Å². The van der Waals surface area contributed by atoms with E-state index in [9.17, 15) is 9.59 Å². The van der Waals surface area contributed by atoms with E-state index in [1.165, 1.54) is 6.08 Å². The second kappa shape index (κ2) is 10.5. The van der Waals surface area contributed by atoms with Gasteiger partial charge >= 0.3 is 5.97 Å². The largest absolute Gasteiger partial charge is 0.497 e. The Bertz CT molecular complexity index is 1110. The van der Waals surface area contributed by atoms with E-state index in [1.807, 2.05) is 79.2 Å². The Balaban J connectivity index is 2.17. The highest BCUT2D eigenvalue weighted by atomic mass is 16.5. The third-order valence-corrected chi connectivity index (χ3v) is 4.81. The Hall–Kier alpha value is -3.80. The van der Waals surface area contributed by atoms with Gasteiger partial charge < -0.3 is 19.4 Å². The van der Waals surface area contributed by atoms with Crippen molar-refractivity contribution >= 4 is 17.6 Å². The quantitative estimate of drug-likeness (QED) is 0.388. The van der Waals surface area contributed by atoms with Gasteiger partial charge in [0.15, 0.2) is 5.69 Å². The fraction of sp³-hybridized carbons (Fsp3) is 0.231. The molecule has 1 amide bonds. The maximum Gasteiger partial charge on any atom is 0.357 e. The van der Waals surface area contributed by atoms with E-state index in [-0.39, 0.29) is 12.5 Å². The van der Waals surface area contributed by atoms with E-state index in [0.717, 1.165) is 28.0 Å². The molecule has 6 heteroatoms. The number of hydrogen-bond donors (Lipinski definition) is 1. The predicted molar refractivity (Wildman–Crippen MR) is 126 cm³/mol. The zero-order valence-corrected chi connectivity index (χ0v) is 18.8. The number of methoxy groups -OCH3 is 1. The van der Waals surface area contributed by atoms with E-state index < -0.39 is 5.97 Å². The van der Waals surface area contributed by atoms with Gasteiger partial charge in [-0.1, -0.05) is 48.0 Å². The lowest BCUT2D eigenvalue weighted by Crippen LogP contribution is -2.17. The highest BCUT2D eigenvalue weighted by Crippen LogP contribution is 2.35. The number of carbonyl (C=O) groups excluding carboxylic acids is 2. The number of benzene rings is 2. The molecular weight excluding hydrogens is 404 g/mol. The van der Waals surface area contributed by atoms with Crippen molar-refractivity contribution < 1.29 is 19.1 Å². The number of nitrogens with zero attached hydrogens (tertiary/aromatic N) is 1. The summed E-state index contributed by atoms with van der Waals surface area (Å²) in [6, 6.07) is 17.3. The molecule has 0 aliphatic rings. The van der Waals surface area contributed by atoms with Crippen LogP contribution in [0.3, 0.4) is 0 Å². The van der Waals surface area contributed by atoms with Crippen molar-refractivity contribution in [3.05, 3.63) is 83.7 Å². The second-order valence-corrected chi connectivity index (χ2v) is 7.54. The fourth-order valence-corrected chi connectivity index (χ4v) is 3.42. The number of esters is 1. The molecule has 1 aromatic heterocycles. The molecule has 0 saturated carbocycles. The molecule has 3 aromatic rings. The van der Waals surface area contributed by atoms with Crippen LogP contribution in [0.25, 0.3) is 11.1 Å². The average molecular weight is 433 g/mol. The highest BCUT2D eigenvalue weighted by molar-refractivity contribution is 6.08. The molecule has 3 rings (SSSR count). The Morgan fingerprint density at radius 3 is 2.31 bits per heavy atom. The lowest BCUT2D eigenvalue weighted by atomic mass is 10.1. The Morgan fingerprint density at radius 2 is 1.72 bits per heavy atom. The topological polar surface area (TPSA) is 69.6 Å². The first-order valence-electron chi connectivity index (χ1n) is 10.5. The van der Waals surface area contributed by atoms with Crippen molar-refractivity contribution in [2.24, 2.45) is 0 Å². The Kier molecular flexibility index (Phi) is 7.49. The number of nitrogens with one attached hydrogen (secondary N) is 1. The number of aromatic nitrogens is 1. The molecule has 166 valence electrons. The molecule has 1 N–H and O–H groups in total. The summed E-state index contributed by atoms with van der Waals surface area (Å²) in [6.07, 6.45) is 3.38. The van der Waals surface area contributed by atoms with Crippen LogP contribution < -0.4 is 10.1 Å². The van der Waals surface area contributed by atoms with Crippen LogP contribution in [0.1, 0.15) is 36.8 Å². The maximum atomic E-state index is 13.0. The number of ether oxygens (including phenoxy) is 2. The summed E-state index contributed by atoms with van der Waals surface area (Å²) in [5.41, 5.74) is 4.17. The number of amides is 1. The van der Waals surface area contributed by atoms with Gasteiger partial charge in [0.05, 0.1) is 19.4 Å². The third-order valence-electron chi connectivity index (χ3n) is 4.81. The van der Waals surface area contributed by atoms with Crippen molar-refractivity contribution in [1.29, 1.82) is 0 Å². The predicted octanol–water partition coefficient (Wildman–Crippen LogP) is 5.29. The molecule has 1 heterocycles. The van der Waals surface area contributed by atoms with Crippen LogP contribution in [0.4, 0.5) is 5.69 Å². The zero-order chi connectivity index (χ0) is 23.1. The molecule has 0 aliphatic heterocycles. The number of rotatable bonds is 8. The van der Waals surface area contributed by atoms with E-state index in [2.05, 4.69) is 5.32 Å². The number of hydrogen-bond acceptors (Lipinski definition) is 4. The summed E-state index contributed by atoms with van der Waals surface area (Å²) >= 11 is 0. The van der Waals surface area contributed by atoms with Crippen molar-refractivity contribution in [2.75, 3.05) is 19.0 Å². The summed E-state index contributed by atoms with van der Waals surface area (Å²) in [5.74, 6) is -0.0725. The molecule has 0 spiro atoms. The molecule has 0 fully saturated rings. The van der Waals surface area contributed by atoms with Crippen LogP contribution in [0.5, 0.6) is 5.75 Å². The van der Waals surface area contributed by atoms with Crippen LogP contribution in [-0.4, -0.2) is 30.2 Å². The van der Waals surface area contributed by atoms with Crippen LogP contribution in [0.2, 0.25) is 0 Å². The van der Waals surface area contributed by atoms with Gasteiger partial charge in [-0.25, -0.2) is 4.79 Å². The van der Waals surface area contributed by atoms with Gasteiger partial charge in [-0.3, -0.25) is 4.79 Å². The molecule has 6 nitrogen and oxygen atoms in total. The molecule has 0 aliphatic carbocycles. The highest BCUT2D eigenvalue weighted by Gasteiger charge is 2.25. The maximum absolute atomic E-state index is 13.0. The van der Waals surface area contributed by atoms with Gasteiger partial charge in [0, 0.05) is 24.4 Å². The molecule has 32 heavy (non-hydrogen) atoms. The molecule has 2 aromatic carbocycles. The second-order valence-electron chi connectivity index (χ2n) is 7.54. The van der Waals surface area contributed by atoms with Gasteiger partial charge in [0.2, 0.25) is 5.91 Å². The minimum Gasteiger partial charge on any atom is -0.497 e. The minimum atomic E-state index is -0.490. The Labute approximate surface area is 188 Å². The molecule has 0 unspecified atom stereocenters. The first kappa shape index (κ1) is 22.9. The van der Waals surface area contributed by atoms with Crippen LogP contribution in [0, 0.1) is 0 Å². The van der Waals surface area contributed by atoms with Crippen LogP contribution >= 0.6 is 0 Å².